The van der Waals surface area contributed by atoms with Crippen LogP contribution in [0.3, 0.4) is 0 Å². The van der Waals surface area contributed by atoms with Crippen LogP contribution >= 0.6 is 23.2 Å². The molecule has 134 valence electrons. The molecular formula is C20H23Cl2NO2. The van der Waals surface area contributed by atoms with Gasteiger partial charge in [0.2, 0.25) is 0 Å². The van der Waals surface area contributed by atoms with Gasteiger partial charge in [0.05, 0.1) is 12.2 Å². The van der Waals surface area contributed by atoms with E-state index in [-0.39, 0.29) is 12.2 Å². The van der Waals surface area contributed by atoms with Crippen molar-refractivity contribution in [1.82, 2.24) is 4.90 Å². The summed E-state index contributed by atoms with van der Waals surface area (Å²) in [6, 6.07) is 14.7. The molecule has 0 bridgehead atoms. The number of halogens is 2. The molecule has 0 radical (unpaired) electrons. The molecule has 0 aliphatic carbocycles. The van der Waals surface area contributed by atoms with Crippen LogP contribution < -0.4 is 0 Å². The standard InChI is InChI=1S/C20H23Cl2NO2/c1-14-11-23(12-15(2)25-14)13-20(24,16-3-7-18(21)8-4-16)17-5-9-19(22)10-6-17/h3-10,14-15,24H,11-13H2,1-2H3/t14-,15+. The Bertz CT molecular complexity index is 647. The van der Waals surface area contributed by atoms with Crippen LogP contribution in [0, 0.1) is 0 Å². The number of benzene rings is 2. The first kappa shape index (κ1) is 18.7. The second-order valence-corrected chi connectivity index (χ2v) is 7.70. The molecule has 0 unspecified atom stereocenters. The van der Waals surface area contributed by atoms with Gasteiger partial charge in [0.15, 0.2) is 0 Å². The molecule has 25 heavy (non-hydrogen) atoms. The van der Waals surface area contributed by atoms with Gasteiger partial charge in [-0.3, -0.25) is 4.90 Å². The molecule has 2 aromatic carbocycles. The molecule has 1 aliphatic heterocycles. The minimum absolute atomic E-state index is 0.142. The molecular weight excluding hydrogens is 357 g/mol. The first-order valence-corrected chi connectivity index (χ1v) is 9.25. The van der Waals surface area contributed by atoms with Gasteiger partial charge in [-0.15, -0.1) is 0 Å². The van der Waals surface area contributed by atoms with E-state index in [1.807, 2.05) is 48.5 Å². The summed E-state index contributed by atoms with van der Waals surface area (Å²) in [5.41, 5.74) is 0.475. The van der Waals surface area contributed by atoms with E-state index in [1.54, 1.807) is 0 Å². The summed E-state index contributed by atoms with van der Waals surface area (Å²) in [5.74, 6) is 0. The van der Waals surface area contributed by atoms with E-state index in [2.05, 4.69) is 18.7 Å². The second-order valence-electron chi connectivity index (χ2n) is 6.83. The predicted octanol–water partition coefficient (Wildman–Crippen LogP) is 4.34. The molecule has 5 heteroatoms. The van der Waals surface area contributed by atoms with E-state index >= 15 is 0 Å². The van der Waals surface area contributed by atoms with Gasteiger partial charge in [0, 0.05) is 29.7 Å². The van der Waals surface area contributed by atoms with Crippen LogP contribution in [0.2, 0.25) is 10.0 Å². The third kappa shape index (κ3) is 4.36. The number of β-amino-alcohol motifs (C(OH)–C–C–N with tert-alkyl or cyclic N) is 1. The van der Waals surface area contributed by atoms with Crippen LogP contribution in [0.5, 0.6) is 0 Å². The van der Waals surface area contributed by atoms with Gasteiger partial charge >= 0.3 is 0 Å². The monoisotopic (exact) mass is 379 g/mol. The van der Waals surface area contributed by atoms with E-state index < -0.39 is 5.60 Å². The maximum atomic E-state index is 11.7. The highest BCUT2D eigenvalue weighted by molar-refractivity contribution is 6.30. The lowest BCUT2D eigenvalue weighted by Gasteiger charge is -2.40. The Kier molecular flexibility index (Phi) is 5.71. The van der Waals surface area contributed by atoms with Crippen LogP contribution in [-0.4, -0.2) is 41.8 Å². The van der Waals surface area contributed by atoms with Crippen molar-refractivity contribution in [2.45, 2.75) is 31.7 Å². The highest BCUT2D eigenvalue weighted by Crippen LogP contribution is 2.33. The smallest absolute Gasteiger partial charge is 0.127 e. The van der Waals surface area contributed by atoms with Gasteiger partial charge < -0.3 is 9.84 Å². The van der Waals surface area contributed by atoms with E-state index in [0.717, 1.165) is 24.2 Å². The van der Waals surface area contributed by atoms with Gasteiger partial charge in [-0.25, -0.2) is 0 Å². The summed E-state index contributed by atoms with van der Waals surface area (Å²) in [5, 5.41) is 13.0. The first-order chi connectivity index (χ1) is 11.9. The largest absolute Gasteiger partial charge is 0.379 e. The zero-order chi connectivity index (χ0) is 18.0. The number of morpholine rings is 1. The van der Waals surface area contributed by atoms with Crippen molar-refractivity contribution in [3.8, 4) is 0 Å². The molecule has 1 saturated heterocycles. The zero-order valence-electron chi connectivity index (χ0n) is 14.5. The molecule has 1 N–H and O–H groups in total. The summed E-state index contributed by atoms with van der Waals surface area (Å²) < 4.78 is 5.82. The van der Waals surface area contributed by atoms with Crippen molar-refractivity contribution in [1.29, 1.82) is 0 Å². The Morgan fingerprint density at radius 3 is 1.72 bits per heavy atom. The van der Waals surface area contributed by atoms with E-state index in [0.29, 0.717) is 16.6 Å². The number of hydrogen-bond acceptors (Lipinski definition) is 3. The Balaban J connectivity index is 1.96. The lowest BCUT2D eigenvalue weighted by atomic mass is 9.85. The average Bonchev–Trinajstić information content (AvgIpc) is 2.55. The molecule has 3 nitrogen and oxygen atoms in total. The molecule has 1 fully saturated rings. The Hall–Kier alpha value is -1.10. The highest BCUT2D eigenvalue weighted by Gasteiger charge is 2.36. The normalized spacial score (nSPS) is 22.1. The third-order valence-electron chi connectivity index (χ3n) is 4.59. The van der Waals surface area contributed by atoms with E-state index in [9.17, 15) is 5.11 Å². The van der Waals surface area contributed by atoms with Crippen LogP contribution in [0.4, 0.5) is 0 Å². The van der Waals surface area contributed by atoms with Crippen molar-refractivity contribution < 1.29 is 9.84 Å². The Morgan fingerprint density at radius 1 is 0.920 bits per heavy atom. The molecule has 0 amide bonds. The SMILES string of the molecule is C[C@@H]1CN(CC(O)(c2ccc(Cl)cc2)c2ccc(Cl)cc2)C[C@H](C)O1. The lowest BCUT2D eigenvalue weighted by Crippen LogP contribution is -2.51. The fraction of sp³-hybridized carbons (Fsp3) is 0.400. The van der Waals surface area contributed by atoms with Crippen molar-refractivity contribution in [2.75, 3.05) is 19.6 Å². The quantitative estimate of drug-likeness (QED) is 0.857. The highest BCUT2D eigenvalue weighted by atomic mass is 35.5. The summed E-state index contributed by atoms with van der Waals surface area (Å²) in [4.78, 5) is 2.25. The van der Waals surface area contributed by atoms with Crippen LogP contribution in [0.1, 0.15) is 25.0 Å². The van der Waals surface area contributed by atoms with E-state index in [1.165, 1.54) is 0 Å². The van der Waals surface area contributed by atoms with Crippen molar-refractivity contribution >= 4 is 23.2 Å². The molecule has 0 spiro atoms. The van der Waals surface area contributed by atoms with Gasteiger partial charge in [-0.2, -0.15) is 0 Å². The predicted molar refractivity (Wildman–Crippen MR) is 102 cm³/mol. The number of hydrogen-bond donors (Lipinski definition) is 1. The van der Waals surface area contributed by atoms with Gasteiger partial charge in [-0.1, -0.05) is 47.5 Å². The minimum atomic E-state index is -1.15. The van der Waals surface area contributed by atoms with Crippen LogP contribution in [0.25, 0.3) is 0 Å². The Morgan fingerprint density at radius 2 is 1.32 bits per heavy atom. The molecule has 2 atom stereocenters. The average molecular weight is 380 g/mol. The Labute approximate surface area is 159 Å². The second kappa shape index (κ2) is 7.65. The van der Waals surface area contributed by atoms with Crippen molar-refractivity contribution in [2.24, 2.45) is 0 Å². The number of nitrogens with zero attached hydrogens (tertiary/aromatic N) is 1. The van der Waals surface area contributed by atoms with Crippen LogP contribution in [0.15, 0.2) is 48.5 Å². The molecule has 1 aliphatic rings. The van der Waals surface area contributed by atoms with Crippen molar-refractivity contribution in [3.05, 3.63) is 69.7 Å². The summed E-state index contributed by atoms with van der Waals surface area (Å²) in [6.45, 7) is 6.18. The summed E-state index contributed by atoms with van der Waals surface area (Å²) in [6.07, 6.45) is 0.284. The van der Waals surface area contributed by atoms with E-state index in [4.69, 9.17) is 27.9 Å². The molecule has 0 aromatic heterocycles. The number of ether oxygens (including phenoxy) is 1. The topological polar surface area (TPSA) is 32.7 Å². The molecule has 0 saturated carbocycles. The minimum Gasteiger partial charge on any atom is -0.379 e. The maximum Gasteiger partial charge on any atom is 0.127 e. The van der Waals surface area contributed by atoms with Gasteiger partial charge in [0.25, 0.3) is 0 Å². The fourth-order valence-corrected chi connectivity index (χ4v) is 3.79. The van der Waals surface area contributed by atoms with Gasteiger partial charge in [0.1, 0.15) is 5.60 Å². The first-order valence-electron chi connectivity index (χ1n) is 8.49. The third-order valence-corrected chi connectivity index (χ3v) is 5.10. The number of rotatable bonds is 4. The van der Waals surface area contributed by atoms with Crippen molar-refractivity contribution in [3.63, 3.8) is 0 Å². The summed E-state index contributed by atoms with van der Waals surface area (Å²) in [7, 11) is 0. The maximum absolute atomic E-state index is 11.7. The molecule has 3 rings (SSSR count). The van der Waals surface area contributed by atoms with Crippen LogP contribution in [-0.2, 0) is 10.3 Å². The zero-order valence-corrected chi connectivity index (χ0v) is 16.0. The summed E-state index contributed by atoms with van der Waals surface area (Å²) >= 11 is 12.1. The van der Waals surface area contributed by atoms with Gasteiger partial charge in [-0.05, 0) is 49.2 Å². The fourth-order valence-electron chi connectivity index (χ4n) is 3.54. The molecule has 2 aromatic rings. The molecule has 1 heterocycles. The number of aliphatic hydroxyl groups is 1. The lowest BCUT2D eigenvalue weighted by molar-refractivity contribution is -0.0865.